The van der Waals surface area contributed by atoms with E-state index in [4.69, 9.17) is 0 Å². The van der Waals surface area contributed by atoms with Crippen LogP contribution in [0.2, 0.25) is 0 Å². The molecule has 2 fully saturated rings. The summed E-state index contributed by atoms with van der Waals surface area (Å²) in [6, 6.07) is 6.52. The molecule has 1 unspecified atom stereocenters. The van der Waals surface area contributed by atoms with Crippen molar-refractivity contribution < 1.29 is 9.18 Å². The van der Waals surface area contributed by atoms with E-state index in [1.54, 1.807) is 6.07 Å². The number of hydrogen-bond acceptors (Lipinski definition) is 4. The molecule has 132 valence electrons. The van der Waals surface area contributed by atoms with E-state index in [2.05, 4.69) is 22.0 Å². The van der Waals surface area contributed by atoms with Crippen LogP contribution in [0.5, 0.6) is 0 Å². The third kappa shape index (κ3) is 4.12. The smallest absolute Gasteiger partial charge is 0.237 e. The molecule has 0 aliphatic carbocycles. The standard InChI is InChI=1S/C18H27FN4O/c1-2-21-8-10-22(11-9-21)14-18(24)23-7-6-20-13-17(23)15-4-3-5-16(19)12-15/h3-5,12,17,20H,2,6-11,13-14H2,1H3. The lowest BCUT2D eigenvalue weighted by atomic mass is 10.0. The highest BCUT2D eigenvalue weighted by Crippen LogP contribution is 2.23. The Hall–Kier alpha value is -1.50. The average molecular weight is 334 g/mol. The summed E-state index contributed by atoms with van der Waals surface area (Å²) in [6.45, 7) is 9.79. The van der Waals surface area contributed by atoms with Gasteiger partial charge in [0.05, 0.1) is 12.6 Å². The van der Waals surface area contributed by atoms with Gasteiger partial charge in [-0.1, -0.05) is 19.1 Å². The van der Waals surface area contributed by atoms with E-state index in [-0.39, 0.29) is 17.8 Å². The minimum atomic E-state index is -0.249. The molecule has 1 amide bonds. The molecule has 6 heteroatoms. The maximum atomic E-state index is 13.6. The molecule has 2 aliphatic heterocycles. The molecular formula is C18H27FN4O. The first kappa shape index (κ1) is 17.3. The zero-order valence-corrected chi connectivity index (χ0v) is 14.4. The molecule has 1 aromatic rings. The first-order chi connectivity index (χ1) is 11.7. The molecule has 1 atom stereocenters. The maximum Gasteiger partial charge on any atom is 0.237 e. The fourth-order valence-electron chi connectivity index (χ4n) is 3.56. The van der Waals surface area contributed by atoms with Crippen molar-refractivity contribution in [2.75, 3.05) is 58.9 Å². The Balaban J connectivity index is 1.63. The lowest BCUT2D eigenvalue weighted by Gasteiger charge is -2.39. The fraction of sp³-hybridized carbons (Fsp3) is 0.611. The summed E-state index contributed by atoms with van der Waals surface area (Å²) in [6.07, 6.45) is 0. The highest BCUT2D eigenvalue weighted by atomic mass is 19.1. The van der Waals surface area contributed by atoms with E-state index in [1.807, 2.05) is 11.0 Å². The van der Waals surface area contributed by atoms with Gasteiger partial charge in [0.1, 0.15) is 5.82 Å². The molecule has 3 rings (SSSR count). The molecule has 0 saturated carbocycles. The van der Waals surface area contributed by atoms with Gasteiger partial charge in [0, 0.05) is 45.8 Å². The van der Waals surface area contributed by atoms with Crippen LogP contribution >= 0.6 is 0 Å². The lowest BCUT2D eigenvalue weighted by Crippen LogP contribution is -2.54. The van der Waals surface area contributed by atoms with Gasteiger partial charge >= 0.3 is 0 Å². The quantitative estimate of drug-likeness (QED) is 0.889. The third-order valence-electron chi connectivity index (χ3n) is 5.07. The molecule has 5 nitrogen and oxygen atoms in total. The molecule has 0 spiro atoms. The lowest BCUT2D eigenvalue weighted by molar-refractivity contribution is -0.136. The number of piperazine rings is 2. The summed E-state index contributed by atoms with van der Waals surface area (Å²) in [5.74, 6) is -0.100. The van der Waals surface area contributed by atoms with Gasteiger partial charge in [-0.2, -0.15) is 0 Å². The summed E-state index contributed by atoms with van der Waals surface area (Å²) in [7, 11) is 0. The van der Waals surface area contributed by atoms with Crippen LogP contribution in [0.1, 0.15) is 18.5 Å². The number of likely N-dealkylation sites (N-methyl/N-ethyl adjacent to an activating group) is 1. The largest absolute Gasteiger partial charge is 0.332 e. The highest BCUT2D eigenvalue weighted by Gasteiger charge is 2.29. The van der Waals surface area contributed by atoms with Crippen molar-refractivity contribution in [1.29, 1.82) is 0 Å². The van der Waals surface area contributed by atoms with Crippen molar-refractivity contribution in [2.45, 2.75) is 13.0 Å². The molecule has 1 N–H and O–H groups in total. The molecule has 2 saturated heterocycles. The molecular weight excluding hydrogens is 307 g/mol. The first-order valence-electron chi connectivity index (χ1n) is 8.87. The second-order valence-corrected chi connectivity index (χ2v) is 6.57. The van der Waals surface area contributed by atoms with Crippen LogP contribution in [-0.2, 0) is 4.79 Å². The predicted molar refractivity (Wildman–Crippen MR) is 92.3 cm³/mol. The Morgan fingerprint density at radius 2 is 1.96 bits per heavy atom. The van der Waals surface area contributed by atoms with Crippen LogP contribution in [-0.4, -0.2) is 79.5 Å². The molecule has 0 aromatic heterocycles. The van der Waals surface area contributed by atoms with Crippen LogP contribution in [0.4, 0.5) is 4.39 Å². The summed E-state index contributed by atoms with van der Waals surface area (Å²) >= 11 is 0. The van der Waals surface area contributed by atoms with Gasteiger partial charge in [-0.05, 0) is 24.2 Å². The minimum absolute atomic E-state index is 0.0844. The second kappa shape index (κ2) is 8.05. The number of nitrogens with zero attached hydrogens (tertiary/aromatic N) is 3. The zero-order valence-electron chi connectivity index (χ0n) is 14.4. The third-order valence-corrected chi connectivity index (χ3v) is 5.07. The number of rotatable bonds is 4. The van der Waals surface area contributed by atoms with Crippen molar-refractivity contribution in [2.24, 2.45) is 0 Å². The number of carbonyl (C=O) groups is 1. The number of benzene rings is 1. The van der Waals surface area contributed by atoms with Crippen molar-refractivity contribution in [3.63, 3.8) is 0 Å². The molecule has 2 heterocycles. The van der Waals surface area contributed by atoms with Crippen molar-refractivity contribution >= 4 is 5.91 Å². The highest BCUT2D eigenvalue weighted by molar-refractivity contribution is 5.79. The summed E-state index contributed by atoms with van der Waals surface area (Å²) in [5.41, 5.74) is 0.867. The number of halogens is 1. The predicted octanol–water partition coefficient (Wildman–Crippen LogP) is 0.936. The Labute approximate surface area is 143 Å². The number of hydrogen-bond donors (Lipinski definition) is 1. The topological polar surface area (TPSA) is 38.8 Å². The Morgan fingerprint density at radius 3 is 2.67 bits per heavy atom. The Bertz CT molecular complexity index is 560. The van der Waals surface area contributed by atoms with Crippen LogP contribution in [0.3, 0.4) is 0 Å². The summed E-state index contributed by atoms with van der Waals surface area (Å²) in [5, 5.41) is 3.32. The van der Waals surface area contributed by atoms with E-state index in [0.29, 0.717) is 19.6 Å². The average Bonchev–Trinajstić information content (AvgIpc) is 2.62. The zero-order chi connectivity index (χ0) is 16.9. The van der Waals surface area contributed by atoms with Crippen molar-refractivity contribution in [3.8, 4) is 0 Å². The Morgan fingerprint density at radius 1 is 1.21 bits per heavy atom. The fourth-order valence-corrected chi connectivity index (χ4v) is 3.56. The molecule has 0 bridgehead atoms. The van der Waals surface area contributed by atoms with E-state index >= 15 is 0 Å². The van der Waals surface area contributed by atoms with E-state index < -0.39 is 0 Å². The van der Waals surface area contributed by atoms with Crippen LogP contribution in [0, 0.1) is 5.82 Å². The molecule has 24 heavy (non-hydrogen) atoms. The van der Waals surface area contributed by atoms with Gasteiger partial charge in [-0.25, -0.2) is 4.39 Å². The second-order valence-electron chi connectivity index (χ2n) is 6.57. The summed E-state index contributed by atoms with van der Waals surface area (Å²) < 4.78 is 13.6. The monoisotopic (exact) mass is 334 g/mol. The summed E-state index contributed by atoms with van der Waals surface area (Å²) in [4.78, 5) is 19.4. The van der Waals surface area contributed by atoms with Gasteiger partial charge in [0.15, 0.2) is 0 Å². The SMILES string of the molecule is CCN1CCN(CC(=O)N2CCNCC2c2cccc(F)c2)CC1. The van der Waals surface area contributed by atoms with Gasteiger partial charge in [0.25, 0.3) is 0 Å². The van der Waals surface area contributed by atoms with Gasteiger partial charge in [0.2, 0.25) is 5.91 Å². The normalized spacial score (nSPS) is 23.4. The van der Waals surface area contributed by atoms with Gasteiger partial charge in [-0.3, -0.25) is 9.69 Å². The van der Waals surface area contributed by atoms with Crippen LogP contribution in [0.15, 0.2) is 24.3 Å². The number of carbonyl (C=O) groups excluding carboxylic acids is 1. The number of amides is 1. The molecule has 2 aliphatic rings. The first-order valence-corrected chi connectivity index (χ1v) is 8.87. The van der Waals surface area contributed by atoms with E-state index in [1.165, 1.54) is 12.1 Å². The Kier molecular flexibility index (Phi) is 5.81. The van der Waals surface area contributed by atoms with Gasteiger partial charge < -0.3 is 15.1 Å². The van der Waals surface area contributed by atoms with Gasteiger partial charge in [-0.15, -0.1) is 0 Å². The minimum Gasteiger partial charge on any atom is -0.332 e. The van der Waals surface area contributed by atoms with Crippen LogP contribution < -0.4 is 5.32 Å². The van der Waals surface area contributed by atoms with Crippen molar-refractivity contribution in [1.82, 2.24) is 20.0 Å². The maximum absolute atomic E-state index is 13.6. The number of nitrogens with one attached hydrogen (secondary N) is 1. The van der Waals surface area contributed by atoms with E-state index in [9.17, 15) is 9.18 Å². The van der Waals surface area contributed by atoms with E-state index in [0.717, 1.165) is 44.8 Å². The molecule has 1 aromatic carbocycles. The van der Waals surface area contributed by atoms with Crippen LogP contribution in [0.25, 0.3) is 0 Å². The molecule has 0 radical (unpaired) electrons. The van der Waals surface area contributed by atoms with Crippen molar-refractivity contribution in [3.05, 3.63) is 35.6 Å².